The Balaban J connectivity index is 2.40. The Morgan fingerprint density at radius 3 is 2.54 bits per heavy atom. The van der Waals surface area contributed by atoms with Crippen LogP contribution in [-0.2, 0) is 10.0 Å². The lowest BCUT2D eigenvalue weighted by Gasteiger charge is -2.14. The molecule has 0 bridgehead atoms. The quantitative estimate of drug-likeness (QED) is 0.778. The van der Waals surface area contributed by atoms with Crippen molar-refractivity contribution in [2.24, 2.45) is 0 Å². The lowest BCUT2D eigenvalue weighted by Crippen LogP contribution is -2.30. The van der Waals surface area contributed by atoms with Crippen molar-refractivity contribution in [3.63, 3.8) is 0 Å². The molecule has 140 valence electrons. The maximum absolute atomic E-state index is 13.9. The van der Waals surface area contributed by atoms with E-state index in [2.05, 4.69) is 10.0 Å². The molecule has 0 saturated carbocycles. The second-order valence-electron chi connectivity index (χ2n) is 5.70. The number of hydrogen-bond acceptors (Lipinski definition) is 4. The van der Waals surface area contributed by atoms with Crippen LogP contribution in [0.5, 0.6) is 5.75 Å². The Morgan fingerprint density at radius 2 is 1.92 bits per heavy atom. The van der Waals surface area contributed by atoms with Gasteiger partial charge in [-0.25, -0.2) is 17.5 Å². The number of ether oxygens (including phenoxy) is 1. The number of halogens is 2. The van der Waals surface area contributed by atoms with Crippen LogP contribution in [0.25, 0.3) is 0 Å². The number of carbonyl (C=O) groups is 1. The van der Waals surface area contributed by atoms with Gasteiger partial charge in [-0.05, 0) is 44.2 Å². The molecule has 0 aliphatic rings. The maximum Gasteiger partial charge on any atom is 0.255 e. The highest BCUT2D eigenvalue weighted by Gasteiger charge is 2.23. The third kappa shape index (κ3) is 4.51. The van der Waals surface area contributed by atoms with Gasteiger partial charge in [-0.2, -0.15) is 0 Å². The standard InChI is InChI=1S/C17H18ClFN2O4S/c1-10(2)21-26(23,24)15-9-11(7-8-14(15)25-3)17(22)20-13-6-4-5-12(18)16(13)19/h4-10,21H,1-3H3,(H,20,22). The molecule has 0 heterocycles. The Labute approximate surface area is 156 Å². The van der Waals surface area contributed by atoms with Gasteiger partial charge in [-0.3, -0.25) is 4.79 Å². The SMILES string of the molecule is COc1ccc(C(=O)Nc2cccc(Cl)c2F)cc1S(=O)(=O)NC(C)C. The summed E-state index contributed by atoms with van der Waals surface area (Å²) in [7, 11) is -2.57. The normalized spacial score (nSPS) is 11.5. The van der Waals surface area contributed by atoms with Crippen LogP contribution in [0.2, 0.25) is 5.02 Å². The Bertz CT molecular complexity index is 932. The smallest absolute Gasteiger partial charge is 0.255 e. The van der Waals surface area contributed by atoms with Gasteiger partial charge in [0.05, 0.1) is 17.8 Å². The fourth-order valence-electron chi connectivity index (χ4n) is 2.20. The van der Waals surface area contributed by atoms with Crippen LogP contribution in [0.4, 0.5) is 10.1 Å². The van der Waals surface area contributed by atoms with E-state index in [1.54, 1.807) is 13.8 Å². The van der Waals surface area contributed by atoms with Crippen molar-refractivity contribution < 1.29 is 22.3 Å². The number of sulfonamides is 1. The van der Waals surface area contributed by atoms with E-state index in [-0.39, 0.29) is 33.0 Å². The Hall–Kier alpha value is -2.16. The van der Waals surface area contributed by atoms with E-state index in [9.17, 15) is 17.6 Å². The van der Waals surface area contributed by atoms with Crippen molar-refractivity contribution in [1.82, 2.24) is 4.72 Å². The van der Waals surface area contributed by atoms with Crippen LogP contribution in [0, 0.1) is 5.82 Å². The van der Waals surface area contributed by atoms with Gasteiger partial charge < -0.3 is 10.1 Å². The number of rotatable bonds is 6. The van der Waals surface area contributed by atoms with E-state index in [0.29, 0.717) is 0 Å². The first-order valence-electron chi connectivity index (χ1n) is 7.61. The van der Waals surface area contributed by atoms with E-state index in [1.165, 1.54) is 43.5 Å². The molecule has 0 saturated heterocycles. The van der Waals surface area contributed by atoms with Gasteiger partial charge >= 0.3 is 0 Å². The minimum Gasteiger partial charge on any atom is -0.495 e. The molecule has 0 unspecified atom stereocenters. The summed E-state index contributed by atoms with van der Waals surface area (Å²) >= 11 is 5.69. The molecule has 0 fully saturated rings. The lowest BCUT2D eigenvalue weighted by atomic mass is 10.2. The molecule has 0 radical (unpaired) electrons. The summed E-state index contributed by atoms with van der Waals surface area (Å²) < 4.78 is 46.3. The molecule has 1 amide bonds. The van der Waals surface area contributed by atoms with Gasteiger partial charge in [-0.15, -0.1) is 0 Å². The highest BCUT2D eigenvalue weighted by atomic mass is 35.5. The minimum absolute atomic E-state index is 0.0225. The summed E-state index contributed by atoms with van der Waals surface area (Å²) in [4.78, 5) is 12.2. The molecule has 0 aliphatic heterocycles. The van der Waals surface area contributed by atoms with Crippen molar-refractivity contribution in [2.75, 3.05) is 12.4 Å². The minimum atomic E-state index is -3.90. The number of hydrogen-bond donors (Lipinski definition) is 2. The number of anilines is 1. The van der Waals surface area contributed by atoms with Crippen molar-refractivity contribution in [1.29, 1.82) is 0 Å². The molecule has 6 nitrogen and oxygen atoms in total. The Morgan fingerprint density at radius 1 is 1.23 bits per heavy atom. The van der Waals surface area contributed by atoms with E-state index in [0.717, 1.165) is 0 Å². The summed E-state index contributed by atoms with van der Waals surface area (Å²) in [6, 6.07) is 7.74. The first-order valence-corrected chi connectivity index (χ1v) is 9.47. The maximum atomic E-state index is 13.9. The predicted molar refractivity (Wildman–Crippen MR) is 97.8 cm³/mol. The number of carbonyl (C=O) groups excluding carboxylic acids is 1. The number of nitrogens with one attached hydrogen (secondary N) is 2. The lowest BCUT2D eigenvalue weighted by molar-refractivity contribution is 0.102. The van der Waals surface area contributed by atoms with Crippen molar-refractivity contribution in [2.45, 2.75) is 24.8 Å². The molecular weight excluding hydrogens is 383 g/mol. The molecule has 0 aromatic heterocycles. The van der Waals surface area contributed by atoms with E-state index in [4.69, 9.17) is 16.3 Å². The largest absolute Gasteiger partial charge is 0.495 e. The molecule has 9 heteroatoms. The number of methoxy groups -OCH3 is 1. The van der Waals surface area contributed by atoms with Gasteiger partial charge in [0, 0.05) is 11.6 Å². The van der Waals surface area contributed by atoms with E-state index in [1.807, 2.05) is 0 Å². The summed E-state index contributed by atoms with van der Waals surface area (Å²) in [5.74, 6) is -1.37. The fourth-order valence-corrected chi connectivity index (χ4v) is 3.82. The zero-order valence-electron chi connectivity index (χ0n) is 14.3. The summed E-state index contributed by atoms with van der Waals surface area (Å²) in [5, 5.41) is 2.23. The van der Waals surface area contributed by atoms with Crippen LogP contribution in [0.15, 0.2) is 41.3 Å². The molecular formula is C17H18ClFN2O4S. The molecule has 26 heavy (non-hydrogen) atoms. The molecule has 0 atom stereocenters. The summed E-state index contributed by atoms with van der Waals surface area (Å²) in [5.41, 5.74) is -0.0858. The molecule has 2 aromatic carbocycles. The van der Waals surface area contributed by atoms with Crippen molar-refractivity contribution >= 4 is 33.2 Å². The first-order chi connectivity index (χ1) is 12.2. The zero-order valence-corrected chi connectivity index (χ0v) is 15.9. The van der Waals surface area contributed by atoms with Gasteiger partial charge in [0.25, 0.3) is 5.91 Å². The second kappa shape index (κ2) is 8.03. The second-order valence-corrected chi connectivity index (χ2v) is 7.79. The van der Waals surface area contributed by atoms with Gasteiger partial charge in [0.15, 0.2) is 5.82 Å². The van der Waals surface area contributed by atoms with Crippen LogP contribution in [-0.4, -0.2) is 27.5 Å². The highest BCUT2D eigenvalue weighted by Crippen LogP contribution is 2.27. The van der Waals surface area contributed by atoms with Crippen molar-refractivity contribution in [3.05, 3.63) is 52.8 Å². The number of benzene rings is 2. The van der Waals surface area contributed by atoms with Crippen LogP contribution < -0.4 is 14.8 Å². The van der Waals surface area contributed by atoms with Crippen molar-refractivity contribution in [3.8, 4) is 5.75 Å². The first kappa shape index (κ1) is 20.2. The van der Waals surface area contributed by atoms with Crippen LogP contribution in [0.1, 0.15) is 24.2 Å². The molecule has 2 aromatic rings. The monoisotopic (exact) mass is 400 g/mol. The third-order valence-electron chi connectivity index (χ3n) is 3.31. The molecule has 2 N–H and O–H groups in total. The molecule has 0 spiro atoms. The zero-order chi connectivity index (χ0) is 19.5. The summed E-state index contributed by atoms with van der Waals surface area (Å²) in [6.45, 7) is 3.34. The average molecular weight is 401 g/mol. The van der Waals surface area contributed by atoms with Gasteiger partial charge in [0.2, 0.25) is 10.0 Å². The average Bonchev–Trinajstić information content (AvgIpc) is 2.57. The van der Waals surface area contributed by atoms with E-state index < -0.39 is 21.7 Å². The predicted octanol–water partition coefficient (Wildman–Crippen LogP) is 3.43. The van der Waals surface area contributed by atoms with Gasteiger partial charge in [-0.1, -0.05) is 17.7 Å². The number of amides is 1. The van der Waals surface area contributed by atoms with Crippen LogP contribution >= 0.6 is 11.6 Å². The van der Waals surface area contributed by atoms with Crippen LogP contribution in [0.3, 0.4) is 0 Å². The Kier molecular flexibility index (Phi) is 6.22. The van der Waals surface area contributed by atoms with Gasteiger partial charge in [0.1, 0.15) is 10.6 Å². The summed E-state index contributed by atoms with van der Waals surface area (Å²) in [6.07, 6.45) is 0. The fraction of sp³-hybridized carbons (Fsp3) is 0.235. The third-order valence-corrected chi connectivity index (χ3v) is 5.28. The van der Waals surface area contributed by atoms with E-state index >= 15 is 0 Å². The molecule has 0 aliphatic carbocycles. The highest BCUT2D eigenvalue weighted by molar-refractivity contribution is 7.89. The topological polar surface area (TPSA) is 84.5 Å². The molecule has 2 rings (SSSR count).